The zero-order valence-corrected chi connectivity index (χ0v) is 12.2. The number of hydrogen-bond donors (Lipinski definition) is 0. The summed E-state index contributed by atoms with van der Waals surface area (Å²) in [5, 5.41) is 1.24. The van der Waals surface area contributed by atoms with Crippen LogP contribution in [0.5, 0.6) is 5.75 Å². The van der Waals surface area contributed by atoms with E-state index in [0.29, 0.717) is 10.0 Å². The molecule has 0 spiro atoms. The Morgan fingerprint density at radius 2 is 1.88 bits per heavy atom. The van der Waals surface area contributed by atoms with Crippen LogP contribution in [0.1, 0.15) is 45.6 Å². The average Bonchev–Trinajstić information content (AvgIpc) is 2.29. The predicted molar refractivity (Wildman–Crippen MR) is 75.5 cm³/mol. The van der Waals surface area contributed by atoms with Crippen LogP contribution < -0.4 is 4.74 Å². The molecule has 1 atom stereocenters. The minimum Gasteiger partial charge on any atom is -0.490 e. The van der Waals surface area contributed by atoms with E-state index in [1.807, 2.05) is 6.07 Å². The van der Waals surface area contributed by atoms with Crippen LogP contribution in [-0.4, -0.2) is 6.10 Å². The van der Waals surface area contributed by atoms with E-state index in [2.05, 4.69) is 20.8 Å². The fourth-order valence-electron chi connectivity index (χ4n) is 1.85. The lowest BCUT2D eigenvalue weighted by molar-refractivity contribution is 0.208. The lowest BCUT2D eigenvalue weighted by Crippen LogP contribution is -2.12. The molecular formula is C14H20Cl2O. The normalized spacial score (nSPS) is 12.5. The molecule has 0 radical (unpaired) electrons. The van der Waals surface area contributed by atoms with Crippen LogP contribution in [0, 0.1) is 0 Å². The van der Waals surface area contributed by atoms with Crippen molar-refractivity contribution < 1.29 is 4.74 Å². The monoisotopic (exact) mass is 274 g/mol. The molecule has 0 bridgehead atoms. The molecule has 0 heterocycles. The molecule has 1 aromatic carbocycles. The van der Waals surface area contributed by atoms with Crippen LogP contribution in [0.4, 0.5) is 0 Å². The molecular weight excluding hydrogens is 255 g/mol. The van der Waals surface area contributed by atoms with Gasteiger partial charge in [0.1, 0.15) is 5.75 Å². The second-order valence-corrected chi connectivity index (χ2v) is 5.09. The molecule has 1 aromatic rings. The Morgan fingerprint density at radius 3 is 2.47 bits per heavy atom. The molecule has 1 rings (SSSR count). The maximum Gasteiger partial charge on any atom is 0.124 e. The molecule has 0 N–H and O–H groups in total. The third kappa shape index (κ3) is 4.08. The van der Waals surface area contributed by atoms with E-state index in [0.717, 1.165) is 37.0 Å². The van der Waals surface area contributed by atoms with Gasteiger partial charge in [-0.05, 0) is 31.9 Å². The second kappa shape index (κ2) is 7.13. The molecule has 17 heavy (non-hydrogen) atoms. The van der Waals surface area contributed by atoms with Crippen LogP contribution in [-0.2, 0) is 6.42 Å². The number of halogens is 2. The number of rotatable bonds is 6. The van der Waals surface area contributed by atoms with Crippen molar-refractivity contribution in [1.82, 2.24) is 0 Å². The predicted octanol–water partition coefficient (Wildman–Crippen LogP) is 5.51. The average molecular weight is 275 g/mol. The van der Waals surface area contributed by atoms with E-state index >= 15 is 0 Å². The quantitative estimate of drug-likeness (QED) is 0.664. The van der Waals surface area contributed by atoms with E-state index in [9.17, 15) is 0 Å². The lowest BCUT2D eigenvalue weighted by Gasteiger charge is -2.18. The van der Waals surface area contributed by atoms with Gasteiger partial charge in [-0.2, -0.15) is 0 Å². The summed E-state index contributed by atoms with van der Waals surface area (Å²) in [6.07, 6.45) is 4.30. The van der Waals surface area contributed by atoms with E-state index in [1.54, 1.807) is 6.07 Å². The van der Waals surface area contributed by atoms with Gasteiger partial charge in [-0.25, -0.2) is 0 Å². The summed E-state index contributed by atoms with van der Waals surface area (Å²) < 4.78 is 5.93. The molecule has 0 aliphatic heterocycles. The first kappa shape index (κ1) is 14.7. The maximum absolute atomic E-state index is 6.23. The largest absolute Gasteiger partial charge is 0.490 e. The minimum absolute atomic E-state index is 0.216. The standard InChI is InChI=1S/C14H20Cl2O/c1-4-6-10(3)17-13-9-8-12(15)14(16)11(13)7-5-2/h8-10H,4-7H2,1-3H3. The minimum atomic E-state index is 0.216. The third-order valence-corrected chi connectivity index (χ3v) is 3.52. The molecule has 0 aromatic heterocycles. The van der Waals surface area contributed by atoms with Gasteiger partial charge >= 0.3 is 0 Å². The molecule has 0 saturated carbocycles. The summed E-state index contributed by atoms with van der Waals surface area (Å²) in [7, 11) is 0. The van der Waals surface area contributed by atoms with Gasteiger partial charge < -0.3 is 4.74 Å². The van der Waals surface area contributed by atoms with Gasteiger partial charge in [0.2, 0.25) is 0 Å². The maximum atomic E-state index is 6.23. The first-order valence-corrected chi connectivity index (χ1v) is 6.99. The summed E-state index contributed by atoms with van der Waals surface area (Å²) in [4.78, 5) is 0. The fraction of sp³-hybridized carbons (Fsp3) is 0.571. The first-order chi connectivity index (χ1) is 8.10. The van der Waals surface area contributed by atoms with Crippen LogP contribution in [0.2, 0.25) is 10.0 Å². The van der Waals surface area contributed by atoms with Gasteiger partial charge in [0.05, 0.1) is 16.1 Å². The Bertz CT molecular complexity index is 363. The lowest BCUT2D eigenvalue weighted by atomic mass is 10.1. The Balaban J connectivity index is 2.94. The van der Waals surface area contributed by atoms with E-state index in [-0.39, 0.29) is 6.10 Å². The summed E-state index contributed by atoms with van der Waals surface area (Å²) in [6.45, 7) is 6.36. The highest BCUT2D eigenvalue weighted by atomic mass is 35.5. The molecule has 3 heteroatoms. The molecule has 0 aliphatic carbocycles. The van der Waals surface area contributed by atoms with Gasteiger partial charge in [0.15, 0.2) is 0 Å². The highest BCUT2D eigenvalue weighted by Crippen LogP contribution is 2.34. The van der Waals surface area contributed by atoms with Crippen LogP contribution >= 0.6 is 23.2 Å². The van der Waals surface area contributed by atoms with E-state index in [4.69, 9.17) is 27.9 Å². The van der Waals surface area contributed by atoms with Crippen molar-refractivity contribution in [3.8, 4) is 5.75 Å². The van der Waals surface area contributed by atoms with Crippen molar-refractivity contribution in [2.75, 3.05) is 0 Å². The fourth-order valence-corrected chi connectivity index (χ4v) is 2.28. The summed E-state index contributed by atoms with van der Waals surface area (Å²) in [5.41, 5.74) is 1.03. The Morgan fingerprint density at radius 1 is 1.18 bits per heavy atom. The third-order valence-electron chi connectivity index (χ3n) is 2.68. The number of ether oxygens (including phenoxy) is 1. The van der Waals surface area contributed by atoms with Gasteiger partial charge in [0.25, 0.3) is 0 Å². The Labute approximate surface area is 114 Å². The van der Waals surface area contributed by atoms with E-state index in [1.165, 1.54) is 0 Å². The zero-order chi connectivity index (χ0) is 12.8. The van der Waals surface area contributed by atoms with Crippen molar-refractivity contribution in [1.29, 1.82) is 0 Å². The number of benzene rings is 1. The van der Waals surface area contributed by atoms with Crippen molar-refractivity contribution in [2.45, 2.75) is 52.6 Å². The molecule has 1 unspecified atom stereocenters. The van der Waals surface area contributed by atoms with Crippen molar-refractivity contribution >= 4 is 23.2 Å². The summed E-state index contributed by atoms with van der Waals surface area (Å²) >= 11 is 12.3. The Kier molecular flexibility index (Phi) is 6.15. The van der Waals surface area contributed by atoms with Gasteiger partial charge in [-0.15, -0.1) is 0 Å². The smallest absolute Gasteiger partial charge is 0.124 e. The van der Waals surface area contributed by atoms with E-state index < -0.39 is 0 Å². The first-order valence-electron chi connectivity index (χ1n) is 6.23. The second-order valence-electron chi connectivity index (χ2n) is 4.31. The zero-order valence-electron chi connectivity index (χ0n) is 10.7. The van der Waals surface area contributed by atoms with Gasteiger partial charge in [0, 0.05) is 5.56 Å². The topological polar surface area (TPSA) is 9.23 Å². The van der Waals surface area contributed by atoms with Crippen LogP contribution in [0.25, 0.3) is 0 Å². The number of hydrogen-bond acceptors (Lipinski definition) is 1. The van der Waals surface area contributed by atoms with Crippen LogP contribution in [0.3, 0.4) is 0 Å². The molecule has 0 aliphatic rings. The van der Waals surface area contributed by atoms with Crippen molar-refractivity contribution in [2.24, 2.45) is 0 Å². The molecule has 96 valence electrons. The molecule has 0 saturated heterocycles. The summed E-state index contributed by atoms with van der Waals surface area (Å²) in [6, 6.07) is 3.72. The van der Waals surface area contributed by atoms with Crippen LogP contribution in [0.15, 0.2) is 12.1 Å². The Hall–Kier alpha value is -0.400. The van der Waals surface area contributed by atoms with Crippen molar-refractivity contribution in [3.05, 3.63) is 27.7 Å². The SMILES string of the molecule is CCCc1c(OC(C)CCC)ccc(Cl)c1Cl. The molecule has 0 fully saturated rings. The highest BCUT2D eigenvalue weighted by molar-refractivity contribution is 6.42. The molecule has 1 nitrogen and oxygen atoms in total. The highest BCUT2D eigenvalue weighted by Gasteiger charge is 2.13. The van der Waals surface area contributed by atoms with Gasteiger partial charge in [-0.3, -0.25) is 0 Å². The molecule has 0 amide bonds. The summed E-state index contributed by atoms with van der Waals surface area (Å²) in [5.74, 6) is 0.877. The van der Waals surface area contributed by atoms with Gasteiger partial charge in [-0.1, -0.05) is 49.9 Å². The van der Waals surface area contributed by atoms with Crippen molar-refractivity contribution in [3.63, 3.8) is 0 Å².